The van der Waals surface area contributed by atoms with Gasteiger partial charge >= 0.3 is 0 Å². The van der Waals surface area contributed by atoms with Crippen LogP contribution in [0.2, 0.25) is 0 Å². The molecule has 1 atom stereocenters. The van der Waals surface area contributed by atoms with Crippen molar-refractivity contribution in [1.29, 1.82) is 0 Å². The van der Waals surface area contributed by atoms with E-state index in [9.17, 15) is 18.0 Å². The molecule has 0 aromatic heterocycles. The molecule has 2 amide bonds. The largest absolute Gasteiger partial charge is 0.324 e. The van der Waals surface area contributed by atoms with Crippen LogP contribution in [0.3, 0.4) is 0 Å². The van der Waals surface area contributed by atoms with Crippen LogP contribution >= 0.6 is 0 Å². The Bertz CT molecular complexity index is 1090. The van der Waals surface area contributed by atoms with Crippen molar-refractivity contribution < 1.29 is 18.0 Å². The van der Waals surface area contributed by atoms with E-state index >= 15 is 0 Å². The summed E-state index contributed by atoms with van der Waals surface area (Å²) in [6.45, 7) is 7.61. The van der Waals surface area contributed by atoms with E-state index < -0.39 is 22.0 Å². The van der Waals surface area contributed by atoms with E-state index in [0.29, 0.717) is 11.4 Å². The number of sulfonamides is 1. The van der Waals surface area contributed by atoms with Gasteiger partial charge in [-0.05, 0) is 42.2 Å². The van der Waals surface area contributed by atoms with Gasteiger partial charge in [0.05, 0.1) is 22.8 Å². The first-order valence-electron chi connectivity index (χ1n) is 10.2. The molecule has 2 aromatic rings. The lowest BCUT2D eigenvalue weighted by atomic mass is 9.87. The highest BCUT2D eigenvalue weighted by atomic mass is 32.2. The highest BCUT2D eigenvalue weighted by molar-refractivity contribution is 7.89. The fourth-order valence-corrected chi connectivity index (χ4v) is 4.75. The number of rotatable bonds is 4. The summed E-state index contributed by atoms with van der Waals surface area (Å²) in [5, 5.41) is 2.80. The molecule has 1 unspecified atom stereocenters. The molecule has 1 N–H and O–H groups in total. The van der Waals surface area contributed by atoms with Crippen molar-refractivity contribution in [3.8, 4) is 0 Å². The summed E-state index contributed by atoms with van der Waals surface area (Å²) in [5.41, 5.74) is 2.03. The molecule has 8 heteroatoms. The second-order valence-electron chi connectivity index (χ2n) is 8.92. The number of para-hydroxylation sites is 2. The molecular weight excluding hydrogens is 414 g/mol. The maximum absolute atomic E-state index is 13.2. The topological polar surface area (TPSA) is 86.8 Å². The van der Waals surface area contributed by atoms with Crippen LogP contribution in [0.25, 0.3) is 0 Å². The molecule has 0 fully saturated rings. The Kier molecular flexibility index (Phi) is 6.25. The number of hydrogen-bond acceptors (Lipinski definition) is 4. The average molecular weight is 444 g/mol. The van der Waals surface area contributed by atoms with Gasteiger partial charge in [-0.3, -0.25) is 9.59 Å². The lowest BCUT2D eigenvalue weighted by Crippen LogP contribution is -2.45. The summed E-state index contributed by atoms with van der Waals surface area (Å²) in [5.74, 6) is -0.580. The number of carbonyl (C=O) groups excluding carboxylic acids is 2. The molecule has 0 saturated heterocycles. The van der Waals surface area contributed by atoms with Gasteiger partial charge in [-0.1, -0.05) is 45.0 Å². The molecule has 166 valence electrons. The maximum Gasteiger partial charge on any atom is 0.243 e. The number of benzene rings is 2. The van der Waals surface area contributed by atoms with E-state index in [1.54, 1.807) is 55.5 Å². The first-order chi connectivity index (χ1) is 14.4. The summed E-state index contributed by atoms with van der Waals surface area (Å²) < 4.78 is 27.1. The third-order valence-corrected chi connectivity index (χ3v) is 7.23. The molecule has 3 rings (SSSR count). The van der Waals surface area contributed by atoms with Crippen molar-refractivity contribution in [2.45, 2.75) is 50.5 Å². The van der Waals surface area contributed by atoms with Crippen LogP contribution in [0.5, 0.6) is 0 Å². The molecular formula is C23H29N3O4S. The summed E-state index contributed by atoms with van der Waals surface area (Å²) in [7, 11) is -2.45. The van der Waals surface area contributed by atoms with Crippen LogP contribution in [0.4, 0.5) is 11.4 Å². The maximum atomic E-state index is 13.2. The van der Waals surface area contributed by atoms with E-state index in [2.05, 4.69) is 26.1 Å². The summed E-state index contributed by atoms with van der Waals surface area (Å²) in [6.07, 6.45) is 0.130. The number of amides is 2. The Morgan fingerprint density at radius 2 is 1.74 bits per heavy atom. The molecule has 1 heterocycles. The molecule has 31 heavy (non-hydrogen) atoms. The third kappa shape index (κ3) is 4.80. The monoisotopic (exact) mass is 443 g/mol. The van der Waals surface area contributed by atoms with Crippen LogP contribution in [0, 0.1) is 0 Å². The van der Waals surface area contributed by atoms with Crippen molar-refractivity contribution >= 4 is 33.2 Å². The number of fused-ring (bicyclic) bond motifs is 1. The number of carbonyl (C=O) groups is 2. The standard InChI is InChI=1S/C23H29N3O4S/c1-16-14-21(27)24-19-8-6-7-9-20(19)26(16)22(28)15-25(5)31(29,30)18-12-10-17(11-13-18)23(2,3)4/h6-13,16H,14-15H2,1-5H3,(H,24,27). The molecule has 1 aliphatic heterocycles. The highest BCUT2D eigenvalue weighted by Gasteiger charge is 2.32. The number of hydrogen-bond donors (Lipinski definition) is 1. The second kappa shape index (κ2) is 8.43. The zero-order valence-corrected chi connectivity index (χ0v) is 19.4. The van der Waals surface area contributed by atoms with E-state index in [4.69, 9.17) is 0 Å². The molecule has 0 bridgehead atoms. The van der Waals surface area contributed by atoms with Crippen molar-refractivity contribution in [1.82, 2.24) is 4.31 Å². The third-order valence-electron chi connectivity index (χ3n) is 5.41. The lowest BCUT2D eigenvalue weighted by molar-refractivity contribution is -0.119. The van der Waals surface area contributed by atoms with Crippen molar-refractivity contribution in [3.63, 3.8) is 0 Å². The van der Waals surface area contributed by atoms with E-state index in [-0.39, 0.29) is 29.2 Å². The highest BCUT2D eigenvalue weighted by Crippen LogP contribution is 2.31. The normalized spacial score (nSPS) is 17.2. The number of likely N-dealkylation sites (N-methyl/N-ethyl adjacent to an activating group) is 1. The Balaban J connectivity index is 1.84. The van der Waals surface area contributed by atoms with Gasteiger partial charge < -0.3 is 10.2 Å². The van der Waals surface area contributed by atoms with Gasteiger partial charge in [0.25, 0.3) is 0 Å². The molecule has 1 aliphatic rings. The minimum atomic E-state index is -3.85. The Morgan fingerprint density at radius 1 is 1.13 bits per heavy atom. The van der Waals surface area contributed by atoms with Gasteiger partial charge in [-0.25, -0.2) is 8.42 Å². The van der Waals surface area contributed by atoms with Gasteiger partial charge in [-0.2, -0.15) is 4.31 Å². The molecule has 0 saturated carbocycles. The van der Waals surface area contributed by atoms with Gasteiger partial charge in [0.2, 0.25) is 21.8 Å². The van der Waals surface area contributed by atoms with Crippen LogP contribution in [-0.4, -0.2) is 44.2 Å². The zero-order chi connectivity index (χ0) is 23.0. The minimum absolute atomic E-state index is 0.0913. The zero-order valence-electron chi connectivity index (χ0n) is 18.5. The van der Waals surface area contributed by atoms with Crippen LogP contribution in [0.15, 0.2) is 53.4 Å². The van der Waals surface area contributed by atoms with Gasteiger partial charge in [0.15, 0.2) is 0 Å². The summed E-state index contributed by atoms with van der Waals surface area (Å²) >= 11 is 0. The molecule has 7 nitrogen and oxygen atoms in total. The molecule has 0 aliphatic carbocycles. The van der Waals surface area contributed by atoms with E-state index in [1.807, 2.05) is 0 Å². The molecule has 2 aromatic carbocycles. The Hall–Kier alpha value is -2.71. The van der Waals surface area contributed by atoms with Gasteiger partial charge in [0.1, 0.15) is 0 Å². The van der Waals surface area contributed by atoms with Crippen molar-refractivity contribution in [3.05, 3.63) is 54.1 Å². The minimum Gasteiger partial charge on any atom is -0.324 e. The predicted molar refractivity (Wildman–Crippen MR) is 122 cm³/mol. The number of nitrogens with zero attached hydrogens (tertiary/aromatic N) is 2. The fraction of sp³-hybridized carbons (Fsp3) is 0.391. The number of anilines is 2. The smallest absolute Gasteiger partial charge is 0.243 e. The molecule has 0 spiro atoms. The lowest BCUT2D eigenvalue weighted by Gasteiger charge is -2.29. The fourth-order valence-electron chi connectivity index (χ4n) is 3.63. The molecule has 0 radical (unpaired) electrons. The summed E-state index contributed by atoms with van der Waals surface area (Å²) in [6, 6.07) is 13.4. The average Bonchev–Trinajstić information content (AvgIpc) is 2.81. The van der Waals surface area contributed by atoms with Crippen molar-refractivity contribution in [2.75, 3.05) is 23.8 Å². The van der Waals surface area contributed by atoms with Crippen molar-refractivity contribution in [2.24, 2.45) is 0 Å². The van der Waals surface area contributed by atoms with Gasteiger partial charge in [0, 0.05) is 19.5 Å². The summed E-state index contributed by atoms with van der Waals surface area (Å²) in [4.78, 5) is 27.0. The second-order valence-corrected chi connectivity index (χ2v) is 11.0. The first kappa shape index (κ1) is 23.0. The van der Waals surface area contributed by atoms with Crippen LogP contribution in [-0.2, 0) is 25.0 Å². The number of nitrogens with one attached hydrogen (secondary N) is 1. The van der Waals surface area contributed by atoms with Crippen LogP contribution in [0.1, 0.15) is 39.7 Å². The SMILES string of the molecule is CC1CC(=O)Nc2ccccc2N1C(=O)CN(C)S(=O)(=O)c1ccc(C(C)(C)C)cc1. The predicted octanol–water partition coefficient (Wildman–Crippen LogP) is 3.37. The quantitative estimate of drug-likeness (QED) is 0.785. The van der Waals surface area contributed by atoms with E-state index in [1.165, 1.54) is 11.9 Å². The van der Waals surface area contributed by atoms with E-state index in [0.717, 1.165) is 9.87 Å². The van der Waals surface area contributed by atoms with Crippen LogP contribution < -0.4 is 10.2 Å². The van der Waals surface area contributed by atoms with Gasteiger partial charge in [-0.15, -0.1) is 0 Å². The Labute approximate surface area is 184 Å². The first-order valence-corrected chi connectivity index (χ1v) is 11.6. The Morgan fingerprint density at radius 3 is 2.35 bits per heavy atom.